The molecule has 7 heteroatoms. The van der Waals surface area contributed by atoms with Gasteiger partial charge < -0.3 is 19.7 Å². The standard InChI is InChI=1S/C16H22N2O4S/c19-14(4-6-17-15(20)12-5-10-23-11-12)18-7-2-1-3-13(18)16-21-8-9-22-16/h5,10-11,13,16H,1-4,6-9H2,(H,17,20). The van der Waals surface area contributed by atoms with Crippen LogP contribution in [0.4, 0.5) is 0 Å². The van der Waals surface area contributed by atoms with Gasteiger partial charge in [-0.05, 0) is 30.7 Å². The van der Waals surface area contributed by atoms with E-state index in [2.05, 4.69) is 5.32 Å². The first-order valence-electron chi connectivity index (χ1n) is 8.09. The molecule has 1 unspecified atom stereocenters. The zero-order chi connectivity index (χ0) is 16.1. The van der Waals surface area contributed by atoms with Crippen LogP contribution in [-0.2, 0) is 14.3 Å². The number of hydrogen-bond acceptors (Lipinski definition) is 5. The zero-order valence-electron chi connectivity index (χ0n) is 13.0. The number of nitrogens with zero attached hydrogens (tertiary/aromatic N) is 1. The maximum atomic E-state index is 12.5. The normalized spacial score (nSPS) is 22.3. The van der Waals surface area contributed by atoms with Crippen molar-refractivity contribution in [3.8, 4) is 0 Å². The number of rotatable bonds is 5. The summed E-state index contributed by atoms with van der Waals surface area (Å²) in [5.41, 5.74) is 0.644. The van der Waals surface area contributed by atoms with Gasteiger partial charge in [-0.15, -0.1) is 0 Å². The predicted octanol–water partition coefficient (Wildman–Crippen LogP) is 1.62. The van der Waals surface area contributed by atoms with Gasteiger partial charge in [0.25, 0.3) is 5.91 Å². The molecule has 3 heterocycles. The summed E-state index contributed by atoms with van der Waals surface area (Å²) in [5, 5.41) is 6.46. The molecule has 0 aromatic carbocycles. The Hall–Kier alpha value is -1.44. The summed E-state index contributed by atoms with van der Waals surface area (Å²) >= 11 is 1.48. The molecule has 0 spiro atoms. The average molecular weight is 338 g/mol. The van der Waals surface area contributed by atoms with Crippen molar-refractivity contribution in [3.63, 3.8) is 0 Å². The minimum atomic E-state index is -0.292. The fraction of sp³-hybridized carbons (Fsp3) is 0.625. The first-order chi connectivity index (χ1) is 11.3. The monoisotopic (exact) mass is 338 g/mol. The van der Waals surface area contributed by atoms with Crippen LogP contribution in [0.5, 0.6) is 0 Å². The van der Waals surface area contributed by atoms with Crippen molar-refractivity contribution in [2.75, 3.05) is 26.3 Å². The molecule has 0 bridgehead atoms. The molecular weight excluding hydrogens is 316 g/mol. The van der Waals surface area contributed by atoms with E-state index in [1.807, 2.05) is 10.3 Å². The van der Waals surface area contributed by atoms with Gasteiger partial charge in [-0.3, -0.25) is 9.59 Å². The number of carbonyl (C=O) groups excluding carboxylic acids is 2. The van der Waals surface area contributed by atoms with Gasteiger partial charge in [-0.25, -0.2) is 0 Å². The van der Waals surface area contributed by atoms with Crippen molar-refractivity contribution in [1.29, 1.82) is 0 Å². The van der Waals surface area contributed by atoms with E-state index >= 15 is 0 Å². The molecule has 2 saturated heterocycles. The predicted molar refractivity (Wildman–Crippen MR) is 86.3 cm³/mol. The lowest BCUT2D eigenvalue weighted by molar-refractivity contribution is -0.150. The highest BCUT2D eigenvalue weighted by atomic mass is 32.1. The van der Waals surface area contributed by atoms with Crippen LogP contribution in [0, 0.1) is 0 Å². The van der Waals surface area contributed by atoms with Crippen molar-refractivity contribution in [2.24, 2.45) is 0 Å². The van der Waals surface area contributed by atoms with Crippen LogP contribution in [-0.4, -0.2) is 55.3 Å². The van der Waals surface area contributed by atoms with Crippen molar-refractivity contribution < 1.29 is 19.1 Å². The Morgan fingerprint density at radius 2 is 2.13 bits per heavy atom. The van der Waals surface area contributed by atoms with Gasteiger partial charge in [-0.2, -0.15) is 11.3 Å². The molecule has 1 aromatic rings. The summed E-state index contributed by atoms with van der Waals surface area (Å²) in [6, 6.07) is 1.78. The van der Waals surface area contributed by atoms with Gasteiger partial charge in [-0.1, -0.05) is 0 Å². The summed E-state index contributed by atoms with van der Waals surface area (Å²) in [4.78, 5) is 26.2. The number of amides is 2. The largest absolute Gasteiger partial charge is 0.351 e. The number of ether oxygens (including phenoxy) is 2. The van der Waals surface area contributed by atoms with E-state index in [0.29, 0.717) is 31.7 Å². The Morgan fingerprint density at radius 3 is 2.87 bits per heavy atom. The van der Waals surface area contributed by atoms with Crippen LogP contribution in [0.2, 0.25) is 0 Å². The molecule has 1 atom stereocenters. The Kier molecular flexibility index (Phi) is 5.64. The van der Waals surface area contributed by atoms with E-state index in [0.717, 1.165) is 25.8 Å². The van der Waals surface area contributed by atoms with Gasteiger partial charge in [0.05, 0.1) is 19.3 Å². The lowest BCUT2D eigenvalue weighted by Crippen LogP contribution is -2.50. The number of hydrogen-bond donors (Lipinski definition) is 1. The molecule has 2 aliphatic rings. The fourth-order valence-corrected chi connectivity index (χ4v) is 3.71. The van der Waals surface area contributed by atoms with Gasteiger partial charge >= 0.3 is 0 Å². The molecule has 126 valence electrons. The van der Waals surface area contributed by atoms with Gasteiger partial charge in [0.2, 0.25) is 5.91 Å². The Bertz CT molecular complexity index is 528. The van der Waals surface area contributed by atoms with E-state index in [4.69, 9.17) is 9.47 Å². The minimum absolute atomic E-state index is 0.00586. The maximum absolute atomic E-state index is 12.5. The van der Waals surface area contributed by atoms with Gasteiger partial charge in [0.15, 0.2) is 6.29 Å². The molecule has 2 aliphatic heterocycles. The summed E-state index contributed by atoms with van der Waals surface area (Å²) in [6.45, 7) is 2.29. The highest BCUT2D eigenvalue weighted by Gasteiger charge is 2.35. The third kappa shape index (κ3) is 4.10. The smallest absolute Gasteiger partial charge is 0.252 e. The van der Waals surface area contributed by atoms with Crippen LogP contribution in [0.3, 0.4) is 0 Å². The lowest BCUT2D eigenvalue weighted by Gasteiger charge is -2.38. The number of piperidine rings is 1. The minimum Gasteiger partial charge on any atom is -0.351 e. The van der Waals surface area contributed by atoms with E-state index in [-0.39, 0.29) is 24.1 Å². The number of thiophene rings is 1. The Morgan fingerprint density at radius 1 is 1.30 bits per heavy atom. The highest BCUT2D eigenvalue weighted by Crippen LogP contribution is 2.24. The van der Waals surface area contributed by atoms with Crippen molar-refractivity contribution >= 4 is 23.2 Å². The first-order valence-corrected chi connectivity index (χ1v) is 9.03. The number of nitrogens with one attached hydrogen (secondary N) is 1. The third-order valence-corrected chi connectivity index (χ3v) is 4.92. The quantitative estimate of drug-likeness (QED) is 0.886. The van der Waals surface area contributed by atoms with E-state index in [9.17, 15) is 9.59 Å². The van der Waals surface area contributed by atoms with Crippen LogP contribution < -0.4 is 5.32 Å². The lowest BCUT2D eigenvalue weighted by atomic mass is 10.0. The van der Waals surface area contributed by atoms with E-state index in [1.54, 1.807) is 11.4 Å². The van der Waals surface area contributed by atoms with Crippen LogP contribution in [0.1, 0.15) is 36.0 Å². The molecule has 1 N–H and O–H groups in total. The summed E-state index contributed by atoms with van der Waals surface area (Å²) in [5.74, 6) is -0.0730. The van der Waals surface area contributed by atoms with E-state index < -0.39 is 0 Å². The van der Waals surface area contributed by atoms with Crippen molar-refractivity contribution in [1.82, 2.24) is 10.2 Å². The average Bonchev–Trinajstić information content (AvgIpc) is 3.28. The molecule has 0 saturated carbocycles. The summed E-state index contributed by atoms with van der Waals surface area (Å²) < 4.78 is 11.2. The second-order valence-electron chi connectivity index (χ2n) is 5.78. The molecule has 3 rings (SSSR count). The molecular formula is C16H22N2O4S. The zero-order valence-corrected chi connectivity index (χ0v) is 13.8. The molecule has 6 nitrogen and oxygen atoms in total. The second kappa shape index (κ2) is 7.90. The topological polar surface area (TPSA) is 67.9 Å². The summed E-state index contributed by atoms with van der Waals surface area (Å²) in [7, 11) is 0. The molecule has 0 aliphatic carbocycles. The van der Waals surface area contributed by atoms with Gasteiger partial charge in [0, 0.05) is 30.5 Å². The molecule has 2 amide bonds. The SMILES string of the molecule is O=C(NCCC(=O)N1CCCCC1C1OCCO1)c1ccsc1. The van der Waals surface area contributed by atoms with Crippen molar-refractivity contribution in [2.45, 2.75) is 38.0 Å². The molecule has 0 radical (unpaired) electrons. The molecule has 1 aromatic heterocycles. The molecule has 2 fully saturated rings. The maximum Gasteiger partial charge on any atom is 0.252 e. The van der Waals surface area contributed by atoms with E-state index in [1.165, 1.54) is 11.3 Å². The van der Waals surface area contributed by atoms with Crippen molar-refractivity contribution in [3.05, 3.63) is 22.4 Å². The number of likely N-dealkylation sites (tertiary alicyclic amines) is 1. The van der Waals surface area contributed by atoms with Crippen LogP contribution in [0.15, 0.2) is 16.8 Å². The van der Waals surface area contributed by atoms with Crippen LogP contribution >= 0.6 is 11.3 Å². The van der Waals surface area contributed by atoms with Crippen LogP contribution in [0.25, 0.3) is 0 Å². The third-order valence-electron chi connectivity index (χ3n) is 4.24. The second-order valence-corrected chi connectivity index (χ2v) is 6.56. The molecule has 23 heavy (non-hydrogen) atoms. The first kappa shape index (κ1) is 16.4. The number of carbonyl (C=O) groups is 2. The Labute approximate surface area is 139 Å². The summed E-state index contributed by atoms with van der Waals surface area (Å²) in [6.07, 6.45) is 3.03. The Balaban J connectivity index is 1.48. The van der Waals surface area contributed by atoms with Gasteiger partial charge in [0.1, 0.15) is 0 Å². The highest BCUT2D eigenvalue weighted by molar-refractivity contribution is 7.08. The fourth-order valence-electron chi connectivity index (χ4n) is 3.07.